The van der Waals surface area contributed by atoms with Crippen LogP contribution >= 0.6 is 0 Å². The number of fused-ring (bicyclic) bond motifs is 1. The molecule has 0 saturated carbocycles. The highest BCUT2D eigenvalue weighted by molar-refractivity contribution is 6.00. The van der Waals surface area contributed by atoms with Crippen LogP contribution in [-0.4, -0.2) is 46.4 Å². The van der Waals surface area contributed by atoms with Crippen molar-refractivity contribution < 1.29 is 35.9 Å². The van der Waals surface area contributed by atoms with Crippen LogP contribution in [-0.2, 0) is 12.7 Å². The molecule has 1 amide bonds. The van der Waals surface area contributed by atoms with E-state index in [2.05, 4.69) is 22.1 Å². The van der Waals surface area contributed by atoms with Crippen molar-refractivity contribution in [3.05, 3.63) is 125 Å². The van der Waals surface area contributed by atoms with Crippen LogP contribution in [0.3, 0.4) is 0 Å². The molecule has 1 N–H and O–H groups in total. The van der Waals surface area contributed by atoms with Crippen molar-refractivity contribution in [3.8, 4) is 11.5 Å². The largest absolute Gasteiger partial charge is 0.457 e. The van der Waals surface area contributed by atoms with Crippen LogP contribution in [0.5, 0.6) is 11.5 Å². The van der Waals surface area contributed by atoms with Crippen molar-refractivity contribution in [1.29, 1.82) is 0 Å². The third-order valence-corrected chi connectivity index (χ3v) is 8.87. The Labute approximate surface area is 279 Å². The second-order valence-corrected chi connectivity index (χ2v) is 12.3. The Bertz CT molecular complexity index is 1900. The fourth-order valence-corrected chi connectivity index (χ4v) is 6.39. The summed E-state index contributed by atoms with van der Waals surface area (Å²) >= 11 is 0. The number of halogens is 6. The highest BCUT2D eigenvalue weighted by Gasteiger charge is 2.31. The van der Waals surface area contributed by atoms with Crippen LogP contribution in [0.1, 0.15) is 51.5 Å². The summed E-state index contributed by atoms with van der Waals surface area (Å²) in [6.07, 6.45) is -5.29. The van der Waals surface area contributed by atoms with E-state index in [1.165, 1.54) is 18.2 Å². The monoisotopic (exact) mass is 680 g/mol. The second-order valence-electron chi connectivity index (χ2n) is 12.3. The molecule has 12 heteroatoms. The van der Waals surface area contributed by atoms with E-state index in [1.54, 1.807) is 25.1 Å². The van der Waals surface area contributed by atoms with E-state index < -0.39 is 30.4 Å². The number of carbonyl (C=O) groups is 1. The Morgan fingerprint density at radius 3 is 2.24 bits per heavy atom. The molecule has 4 aromatic carbocycles. The molecule has 256 valence electrons. The summed E-state index contributed by atoms with van der Waals surface area (Å²) in [6.45, 7) is 2.61. The SMILES string of the molecule is Cc1c(C(=O)NCC(F)(F)F)ccc2nn(CC3CCN(C(c4ccccc4)c4ccc(Oc5cccc(C(F)(F)F)c5)cc4)CC3)cc12. The molecule has 49 heavy (non-hydrogen) atoms. The maximum absolute atomic E-state index is 13.2. The fourth-order valence-electron chi connectivity index (χ4n) is 6.39. The molecular formula is C37H34F6N4O2. The molecule has 0 spiro atoms. The van der Waals surface area contributed by atoms with E-state index in [0.717, 1.165) is 54.6 Å². The fraction of sp³-hybridized carbons (Fsp3) is 0.297. The van der Waals surface area contributed by atoms with Crippen LogP contribution in [0, 0.1) is 12.8 Å². The number of amides is 1. The lowest BCUT2D eigenvalue weighted by Gasteiger charge is -2.38. The van der Waals surface area contributed by atoms with Crippen molar-refractivity contribution in [3.63, 3.8) is 0 Å². The molecule has 1 unspecified atom stereocenters. The quantitative estimate of drug-likeness (QED) is 0.158. The van der Waals surface area contributed by atoms with Crippen molar-refractivity contribution in [2.45, 2.75) is 44.7 Å². The molecule has 1 aliphatic heterocycles. The van der Waals surface area contributed by atoms with E-state index >= 15 is 0 Å². The number of benzene rings is 4. The Kier molecular flexibility index (Phi) is 9.69. The molecule has 2 heterocycles. The van der Waals surface area contributed by atoms with Gasteiger partial charge in [0.2, 0.25) is 0 Å². The summed E-state index contributed by atoms with van der Waals surface area (Å²) in [5, 5.41) is 7.34. The molecule has 1 atom stereocenters. The zero-order chi connectivity index (χ0) is 34.8. The maximum Gasteiger partial charge on any atom is 0.416 e. The molecule has 1 fully saturated rings. The minimum Gasteiger partial charge on any atom is -0.457 e. The number of piperidine rings is 1. The van der Waals surface area contributed by atoms with E-state index in [0.29, 0.717) is 29.3 Å². The molecule has 6 rings (SSSR count). The Balaban J connectivity index is 1.12. The first-order valence-corrected chi connectivity index (χ1v) is 15.9. The van der Waals surface area contributed by atoms with Gasteiger partial charge in [0.25, 0.3) is 5.91 Å². The molecule has 0 bridgehead atoms. The lowest BCUT2D eigenvalue weighted by molar-refractivity contribution is -0.137. The molecule has 0 radical (unpaired) electrons. The Morgan fingerprint density at radius 1 is 0.878 bits per heavy atom. The first-order chi connectivity index (χ1) is 23.3. The van der Waals surface area contributed by atoms with Gasteiger partial charge in [-0.05, 0) is 97.9 Å². The average Bonchev–Trinajstić information content (AvgIpc) is 3.49. The van der Waals surface area contributed by atoms with E-state index in [9.17, 15) is 31.1 Å². The predicted molar refractivity (Wildman–Crippen MR) is 173 cm³/mol. The highest BCUT2D eigenvalue weighted by atomic mass is 19.4. The van der Waals surface area contributed by atoms with Crippen molar-refractivity contribution in [1.82, 2.24) is 20.0 Å². The summed E-state index contributed by atoms with van der Waals surface area (Å²) in [6, 6.07) is 25.5. The van der Waals surface area contributed by atoms with Crippen LogP contribution < -0.4 is 10.1 Å². The molecule has 1 aliphatic rings. The summed E-state index contributed by atoms with van der Waals surface area (Å²) in [7, 11) is 0. The number of hydrogen-bond acceptors (Lipinski definition) is 4. The third-order valence-electron chi connectivity index (χ3n) is 8.87. The summed E-state index contributed by atoms with van der Waals surface area (Å²) in [4.78, 5) is 14.8. The summed E-state index contributed by atoms with van der Waals surface area (Å²) in [5.41, 5.74) is 2.82. The number of rotatable bonds is 9. The van der Waals surface area contributed by atoms with Gasteiger partial charge >= 0.3 is 12.4 Å². The van der Waals surface area contributed by atoms with Crippen molar-refractivity contribution in [2.24, 2.45) is 5.92 Å². The highest BCUT2D eigenvalue weighted by Crippen LogP contribution is 2.36. The number of ether oxygens (including phenoxy) is 1. The molecule has 1 saturated heterocycles. The molecular weight excluding hydrogens is 646 g/mol. The van der Waals surface area contributed by atoms with E-state index in [4.69, 9.17) is 4.74 Å². The zero-order valence-corrected chi connectivity index (χ0v) is 26.6. The van der Waals surface area contributed by atoms with Gasteiger partial charge in [0, 0.05) is 23.7 Å². The number of nitrogens with one attached hydrogen (secondary N) is 1. The zero-order valence-electron chi connectivity index (χ0n) is 26.6. The Hall–Kier alpha value is -4.84. The molecule has 5 aromatic rings. The van der Waals surface area contributed by atoms with Gasteiger partial charge in [-0.25, -0.2) is 0 Å². The van der Waals surface area contributed by atoms with Crippen LogP contribution in [0.25, 0.3) is 10.9 Å². The lowest BCUT2D eigenvalue weighted by atomic mass is 9.91. The summed E-state index contributed by atoms with van der Waals surface area (Å²) < 4.78 is 84.9. The van der Waals surface area contributed by atoms with Crippen LogP contribution in [0.2, 0.25) is 0 Å². The standard InChI is InChI=1S/C37H34F6N4O2/c1-24-31(35(48)44-23-36(38,39)40)14-15-33-32(24)22-47(45-33)21-25-16-18-46(19-17-25)34(26-6-3-2-4-7-26)27-10-12-29(13-11-27)49-30-9-5-8-28(20-30)37(41,42)43/h2-15,20,22,25,34H,16-19,21,23H2,1H3,(H,44,48). The van der Waals surface area contributed by atoms with Gasteiger partial charge < -0.3 is 10.1 Å². The third kappa shape index (κ3) is 8.25. The number of alkyl halides is 6. The number of aromatic nitrogens is 2. The predicted octanol–water partition coefficient (Wildman–Crippen LogP) is 8.95. The van der Waals surface area contributed by atoms with Gasteiger partial charge in [0.05, 0.1) is 17.1 Å². The van der Waals surface area contributed by atoms with Crippen LogP contribution in [0.4, 0.5) is 26.3 Å². The van der Waals surface area contributed by atoms with Crippen LogP contribution in [0.15, 0.2) is 97.2 Å². The van der Waals surface area contributed by atoms with Crippen molar-refractivity contribution >= 4 is 16.8 Å². The topological polar surface area (TPSA) is 59.4 Å². The molecule has 1 aromatic heterocycles. The number of nitrogens with zero attached hydrogens (tertiary/aromatic N) is 3. The van der Waals surface area contributed by atoms with E-state index in [-0.39, 0.29) is 17.4 Å². The molecule has 6 nitrogen and oxygen atoms in total. The van der Waals surface area contributed by atoms with Gasteiger partial charge in [-0.2, -0.15) is 31.4 Å². The summed E-state index contributed by atoms with van der Waals surface area (Å²) in [5.74, 6) is 0.101. The maximum atomic E-state index is 13.2. The Morgan fingerprint density at radius 2 is 1.57 bits per heavy atom. The first-order valence-electron chi connectivity index (χ1n) is 15.9. The minimum atomic E-state index is -4.49. The normalized spacial score (nSPS) is 15.3. The van der Waals surface area contributed by atoms with Gasteiger partial charge in [-0.3, -0.25) is 14.4 Å². The van der Waals surface area contributed by atoms with Gasteiger partial charge in [-0.15, -0.1) is 0 Å². The van der Waals surface area contributed by atoms with E-state index in [1.807, 2.05) is 46.5 Å². The van der Waals surface area contributed by atoms with Gasteiger partial charge in [0.15, 0.2) is 0 Å². The van der Waals surface area contributed by atoms with Gasteiger partial charge in [0.1, 0.15) is 18.0 Å². The van der Waals surface area contributed by atoms with Gasteiger partial charge in [-0.1, -0.05) is 48.5 Å². The number of aryl methyl sites for hydroxylation is 1. The number of hydrogen-bond donors (Lipinski definition) is 1. The lowest BCUT2D eigenvalue weighted by Crippen LogP contribution is -2.38. The minimum absolute atomic E-state index is 0.0402. The smallest absolute Gasteiger partial charge is 0.416 e. The second kappa shape index (κ2) is 13.9. The number of carbonyl (C=O) groups excluding carboxylic acids is 1. The first kappa shape index (κ1) is 34.0. The molecule has 0 aliphatic carbocycles. The average molecular weight is 681 g/mol. The number of likely N-dealkylation sites (tertiary alicyclic amines) is 1. The van der Waals surface area contributed by atoms with Crippen molar-refractivity contribution in [2.75, 3.05) is 19.6 Å².